The second-order valence-electron chi connectivity index (χ2n) is 5.83. The van der Waals surface area contributed by atoms with Gasteiger partial charge in [-0.1, -0.05) is 6.07 Å². The highest BCUT2D eigenvalue weighted by Gasteiger charge is 2.23. The van der Waals surface area contributed by atoms with Gasteiger partial charge in [0.2, 0.25) is 11.8 Å². The summed E-state index contributed by atoms with van der Waals surface area (Å²) >= 11 is 0. The minimum Gasteiger partial charge on any atom is -0.479 e. The van der Waals surface area contributed by atoms with Crippen LogP contribution in [0.15, 0.2) is 24.4 Å². The first-order valence-electron chi connectivity index (χ1n) is 7.79. The number of aryl methyl sites for hydroxylation is 2. The van der Waals surface area contributed by atoms with E-state index in [9.17, 15) is 9.59 Å². The van der Waals surface area contributed by atoms with Crippen LogP contribution in [-0.4, -0.2) is 35.2 Å². The van der Waals surface area contributed by atoms with Gasteiger partial charge in [-0.3, -0.25) is 14.3 Å². The van der Waals surface area contributed by atoms with E-state index in [0.717, 1.165) is 17.7 Å². The lowest BCUT2D eigenvalue weighted by Crippen LogP contribution is -2.24. The van der Waals surface area contributed by atoms with Crippen molar-refractivity contribution in [3.8, 4) is 5.88 Å². The topological polar surface area (TPSA) is 76.5 Å². The van der Waals surface area contributed by atoms with Gasteiger partial charge in [0.15, 0.2) is 0 Å². The lowest BCUT2D eigenvalue weighted by Gasteiger charge is -2.19. The zero-order chi connectivity index (χ0) is 17.3. The Morgan fingerprint density at radius 2 is 2.17 bits per heavy atom. The number of methoxy groups -OCH3 is 1. The number of amides is 2. The number of rotatable bonds is 4. The molecule has 2 heterocycles. The van der Waals surface area contributed by atoms with Crippen molar-refractivity contribution in [2.75, 3.05) is 23.9 Å². The van der Waals surface area contributed by atoms with E-state index in [1.54, 1.807) is 18.1 Å². The molecule has 0 spiro atoms. The van der Waals surface area contributed by atoms with E-state index in [-0.39, 0.29) is 17.7 Å². The standard InChI is InChI=1S/C17H20N4O3/c1-11-6-7-12(9-14(11)21-8-4-5-15(21)22)18-16(23)13-10-20(2)19-17(13)24-3/h6-7,9-10H,4-5,8H2,1-3H3,(H,18,23). The van der Waals surface area contributed by atoms with Gasteiger partial charge < -0.3 is 15.0 Å². The third kappa shape index (κ3) is 2.97. The van der Waals surface area contributed by atoms with Gasteiger partial charge in [-0.15, -0.1) is 5.10 Å². The van der Waals surface area contributed by atoms with E-state index in [0.29, 0.717) is 24.2 Å². The SMILES string of the molecule is COc1nn(C)cc1C(=O)Nc1ccc(C)c(N2CCCC2=O)c1. The largest absolute Gasteiger partial charge is 0.479 e. The summed E-state index contributed by atoms with van der Waals surface area (Å²) in [5.41, 5.74) is 2.83. The van der Waals surface area contributed by atoms with Crippen molar-refractivity contribution in [3.05, 3.63) is 35.5 Å². The average Bonchev–Trinajstić information content (AvgIpc) is 3.14. The first kappa shape index (κ1) is 16.0. The molecular formula is C17H20N4O3. The third-order valence-electron chi connectivity index (χ3n) is 4.06. The smallest absolute Gasteiger partial charge is 0.262 e. The molecule has 0 aliphatic carbocycles. The van der Waals surface area contributed by atoms with E-state index in [1.807, 2.05) is 25.1 Å². The van der Waals surface area contributed by atoms with Crippen molar-refractivity contribution in [3.63, 3.8) is 0 Å². The summed E-state index contributed by atoms with van der Waals surface area (Å²) in [6, 6.07) is 5.55. The maximum absolute atomic E-state index is 12.5. The van der Waals surface area contributed by atoms with Crippen LogP contribution in [0.1, 0.15) is 28.8 Å². The molecule has 0 radical (unpaired) electrons. The number of carbonyl (C=O) groups is 2. The Labute approximate surface area is 140 Å². The fourth-order valence-corrected chi connectivity index (χ4v) is 2.85. The molecule has 7 nitrogen and oxygen atoms in total. The molecule has 0 atom stereocenters. The number of ether oxygens (including phenoxy) is 1. The molecule has 0 bridgehead atoms. The summed E-state index contributed by atoms with van der Waals surface area (Å²) in [5, 5.41) is 6.92. The molecule has 1 aliphatic rings. The first-order valence-corrected chi connectivity index (χ1v) is 7.79. The lowest BCUT2D eigenvalue weighted by molar-refractivity contribution is -0.117. The van der Waals surface area contributed by atoms with Gasteiger partial charge in [0, 0.05) is 37.6 Å². The number of hydrogen-bond donors (Lipinski definition) is 1. The van der Waals surface area contributed by atoms with Crippen LogP contribution >= 0.6 is 0 Å². The highest BCUT2D eigenvalue weighted by atomic mass is 16.5. The minimum absolute atomic E-state index is 0.121. The monoisotopic (exact) mass is 328 g/mol. The fourth-order valence-electron chi connectivity index (χ4n) is 2.85. The molecule has 2 aromatic rings. The fraction of sp³-hybridized carbons (Fsp3) is 0.353. The van der Waals surface area contributed by atoms with Gasteiger partial charge in [-0.25, -0.2) is 0 Å². The van der Waals surface area contributed by atoms with Crippen molar-refractivity contribution >= 4 is 23.2 Å². The first-order chi connectivity index (χ1) is 11.5. The van der Waals surface area contributed by atoms with Crippen LogP contribution in [0.2, 0.25) is 0 Å². The van der Waals surface area contributed by atoms with Crippen LogP contribution in [-0.2, 0) is 11.8 Å². The quantitative estimate of drug-likeness (QED) is 0.932. The Kier molecular flexibility index (Phi) is 4.24. The zero-order valence-corrected chi connectivity index (χ0v) is 14.0. The van der Waals surface area contributed by atoms with Gasteiger partial charge >= 0.3 is 0 Å². The molecule has 1 N–H and O–H groups in total. The molecule has 1 aromatic heterocycles. The van der Waals surface area contributed by atoms with Crippen LogP contribution in [0.3, 0.4) is 0 Å². The Hall–Kier alpha value is -2.83. The second kappa shape index (κ2) is 6.35. The molecule has 2 amide bonds. The van der Waals surface area contributed by atoms with Crippen molar-refractivity contribution in [1.29, 1.82) is 0 Å². The predicted molar refractivity (Wildman–Crippen MR) is 90.5 cm³/mol. The van der Waals surface area contributed by atoms with Crippen LogP contribution in [0.25, 0.3) is 0 Å². The van der Waals surface area contributed by atoms with Gasteiger partial charge in [-0.05, 0) is 31.0 Å². The van der Waals surface area contributed by atoms with Gasteiger partial charge in [0.1, 0.15) is 5.56 Å². The highest BCUT2D eigenvalue weighted by Crippen LogP contribution is 2.28. The van der Waals surface area contributed by atoms with Crippen LogP contribution in [0.5, 0.6) is 5.88 Å². The summed E-state index contributed by atoms with van der Waals surface area (Å²) in [6.45, 7) is 2.67. The second-order valence-corrected chi connectivity index (χ2v) is 5.83. The highest BCUT2D eigenvalue weighted by molar-refractivity contribution is 6.06. The number of carbonyl (C=O) groups excluding carboxylic acids is 2. The zero-order valence-electron chi connectivity index (χ0n) is 14.0. The molecule has 1 aromatic carbocycles. The van der Waals surface area contributed by atoms with Crippen LogP contribution in [0.4, 0.5) is 11.4 Å². The molecule has 1 saturated heterocycles. The molecule has 0 unspecified atom stereocenters. The maximum Gasteiger partial charge on any atom is 0.262 e. The predicted octanol–water partition coefficient (Wildman–Crippen LogP) is 2.12. The number of aromatic nitrogens is 2. The summed E-state index contributed by atoms with van der Waals surface area (Å²) in [6.07, 6.45) is 3.04. The summed E-state index contributed by atoms with van der Waals surface area (Å²) < 4.78 is 6.64. The Bertz CT molecular complexity index is 797. The molecule has 126 valence electrons. The Balaban J connectivity index is 1.85. The molecule has 24 heavy (non-hydrogen) atoms. The van der Waals surface area contributed by atoms with E-state index in [2.05, 4.69) is 10.4 Å². The Morgan fingerprint density at radius 3 is 2.83 bits per heavy atom. The van der Waals surface area contributed by atoms with Crippen molar-refractivity contribution in [2.45, 2.75) is 19.8 Å². The molecule has 0 saturated carbocycles. The number of benzene rings is 1. The summed E-state index contributed by atoms with van der Waals surface area (Å²) in [5.74, 6) is 0.0927. The van der Waals surface area contributed by atoms with Crippen molar-refractivity contribution in [2.24, 2.45) is 7.05 Å². The molecule has 3 rings (SSSR count). The van der Waals surface area contributed by atoms with E-state index in [4.69, 9.17) is 4.74 Å². The number of nitrogens with zero attached hydrogens (tertiary/aromatic N) is 3. The van der Waals surface area contributed by atoms with Gasteiger partial charge in [0.25, 0.3) is 5.91 Å². The molecular weight excluding hydrogens is 308 g/mol. The Morgan fingerprint density at radius 1 is 1.38 bits per heavy atom. The number of hydrogen-bond acceptors (Lipinski definition) is 4. The van der Waals surface area contributed by atoms with Crippen LogP contribution < -0.4 is 15.0 Å². The van der Waals surface area contributed by atoms with E-state index < -0.39 is 0 Å². The van der Waals surface area contributed by atoms with E-state index in [1.165, 1.54) is 11.8 Å². The van der Waals surface area contributed by atoms with Gasteiger partial charge in [0.05, 0.1) is 7.11 Å². The number of nitrogens with one attached hydrogen (secondary N) is 1. The normalized spacial score (nSPS) is 14.1. The summed E-state index contributed by atoms with van der Waals surface area (Å²) in [7, 11) is 3.20. The summed E-state index contributed by atoms with van der Waals surface area (Å²) in [4.78, 5) is 26.2. The van der Waals surface area contributed by atoms with Crippen molar-refractivity contribution < 1.29 is 14.3 Å². The maximum atomic E-state index is 12.5. The average molecular weight is 328 g/mol. The van der Waals surface area contributed by atoms with Crippen molar-refractivity contribution in [1.82, 2.24) is 9.78 Å². The third-order valence-corrected chi connectivity index (χ3v) is 4.06. The molecule has 1 aliphatic heterocycles. The van der Waals surface area contributed by atoms with Gasteiger partial charge in [-0.2, -0.15) is 0 Å². The lowest BCUT2D eigenvalue weighted by atomic mass is 10.1. The molecule has 7 heteroatoms. The van der Waals surface area contributed by atoms with Crippen LogP contribution in [0, 0.1) is 6.92 Å². The molecule has 1 fully saturated rings. The number of anilines is 2. The van der Waals surface area contributed by atoms with E-state index >= 15 is 0 Å². The minimum atomic E-state index is -0.303.